The SMILES string of the molecule is [2H]C([2H])([2H])Oc1cc(-c2ccc(-c3cnc(N(C)[C@@H]4C[C@H]5CC[C@H](N5)[C@@H]4F)cn3)c(O)c2)cnn1. The van der Waals surface area contributed by atoms with Gasteiger partial charge in [-0.05, 0) is 37.0 Å². The minimum Gasteiger partial charge on any atom is -0.507 e. The first-order valence-electron chi connectivity index (χ1n) is 12.0. The molecule has 8 nitrogen and oxygen atoms in total. The molecule has 3 aromatic rings. The van der Waals surface area contributed by atoms with Gasteiger partial charge in [0.05, 0.1) is 41.5 Å². The molecule has 2 aliphatic heterocycles. The number of hydrogen-bond donors (Lipinski definition) is 2. The molecule has 0 saturated carbocycles. The summed E-state index contributed by atoms with van der Waals surface area (Å²) in [5.41, 5.74) is 2.06. The van der Waals surface area contributed by atoms with Crippen molar-refractivity contribution in [3.63, 3.8) is 0 Å². The Morgan fingerprint density at radius 2 is 2.09 bits per heavy atom. The number of hydrogen-bond acceptors (Lipinski definition) is 8. The van der Waals surface area contributed by atoms with E-state index < -0.39 is 13.2 Å². The standard InChI is InChI=1S/C23H25FN6O2/c1-30(19-9-15-4-6-17(28-15)23(19)24)21-12-25-18(11-26-21)16-5-3-13(7-20(16)31)14-8-22(32-2)29-27-10-14/h3,5,7-8,10-12,15,17,19,23,28,31H,4,6,9H2,1-2H3/t15-,17+,19-,23+/m1/s1/i2D3. The number of nitrogens with one attached hydrogen (secondary N) is 1. The van der Waals surface area contributed by atoms with Crippen molar-refractivity contribution in [3.05, 3.63) is 42.9 Å². The summed E-state index contributed by atoms with van der Waals surface area (Å²) in [7, 11) is -0.804. The molecule has 4 heterocycles. The first kappa shape index (κ1) is 17.3. The number of methoxy groups -OCH3 is 1. The maximum absolute atomic E-state index is 14.9. The third-order valence-electron chi connectivity index (χ3n) is 6.39. The highest BCUT2D eigenvalue weighted by molar-refractivity contribution is 5.74. The predicted molar refractivity (Wildman–Crippen MR) is 118 cm³/mol. The molecular weight excluding hydrogens is 411 g/mol. The van der Waals surface area contributed by atoms with Crippen LogP contribution in [-0.2, 0) is 0 Å². The second kappa shape index (κ2) is 8.31. The molecule has 0 spiro atoms. The van der Waals surface area contributed by atoms with Crippen molar-refractivity contribution >= 4 is 5.82 Å². The van der Waals surface area contributed by atoms with Crippen molar-refractivity contribution in [2.75, 3.05) is 19.0 Å². The molecule has 32 heavy (non-hydrogen) atoms. The van der Waals surface area contributed by atoms with Crippen LogP contribution < -0.4 is 15.0 Å². The van der Waals surface area contributed by atoms with Gasteiger partial charge in [-0.2, -0.15) is 5.10 Å². The fraction of sp³-hybridized carbons (Fsp3) is 0.391. The number of halogens is 1. The van der Waals surface area contributed by atoms with Crippen LogP contribution >= 0.6 is 0 Å². The lowest BCUT2D eigenvalue weighted by molar-refractivity contribution is 0.176. The topological polar surface area (TPSA) is 96.3 Å². The average molecular weight is 440 g/mol. The Labute approximate surface area is 189 Å². The number of rotatable bonds is 5. The summed E-state index contributed by atoms with van der Waals surface area (Å²) in [6.45, 7) is 0. The van der Waals surface area contributed by atoms with Gasteiger partial charge < -0.3 is 20.1 Å². The molecule has 2 saturated heterocycles. The van der Waals surface area contributed by atoms with Crippen molar-refractivity contribution < 1.29 is 18.3 Å². The van der Waals surface area contributed by atoms with E-state index >= 15 is 0 Å². The molecule has 2 fully saturated rings. The summed E-state index contributed by atoms with van der Waals surface area (Å²) in [4.78, 5) is 10.8. The van der Waals surface area contributed by atoms with E-state index in [0.717, 1.165) is 19.3 Å². The summed E-state index contributed by atoms with van der Waals surface area (Å²) in [5, 5.41) is 21.4. The number of anilines is 1. The number of fused-ring (bicyclic) bond motifs is 2. The Bertz CT molecular complexity index is 1210. The van der Waals surface area contributed by atoms with E-state index in [9.17, 15) is 9.50 Å². The van der Waals surface area contributed by atoms with Crippen molar-refractivity contribution in [2.45, 2.75) is 43.6 Å². The van der Waals surface area contributed by atoms with Crippen LogP contribution in [0, 0.1) is 0 Å². The monoisotopic (exact) mass is 439 g/mol. The van der Waals surface area contributed by atoms with Crippen molar-refractivity contribution in [1.29, 1.82) is 0 Å². The van der Waals surface area contributed by atoms with Crippen LogP contribution in [0.25, 0.3) is 22.4 Å². The zero-order valence-corrected chi connectivity index (χ0v) is 17.4. The molecular formula is C23H25FN6O2. The maximum Gasteiger partial charge on any atom is 0.233 e. The highest BCUT2D eigenvalue weighted by Gasteiger charge is 2.43. The third kappa shape index (κ3) is 3.73. The van der Waals surface area contributed by atoms with E-state index in [-0.39, 0.29) is 23.7 Å². The molecule has 1 aromatic carbocycles. The molecule has 5 rings (SSSR count). The molecule has 4 atom stereocenters. The molecule has 0 unspecified atom stereocenters. The fourth-order valence-corrected chi connectivity index (χ4v) is 4.64. The number of alkyl halides is 1. The van der Waals surface area contributed by atoms with Gasteiger partial charge in [0.1, 0.15) is 17.7 Å². The Hall–Kier alpha value is -3.33. The number of nitrogens with zero attached hydrogens (tertiary/aromatic N) is 5. The van der Waals surface area contributed by atoms with Crippen LogP contribution in [0.15, 0.2) is 42.9 Å². The highest BCUT2D eigenvalue weighted by Crippen LogP contribution is 2.35. The van der Waals surface area contributed by atoms with Gasteiger partial charge in [-0.25, -0.2) is 9.37 Å². The lowest BCUT2D eigenvalue weighted by atomic mass is 9.96. The van der Waals surface area contributed by atoms with Gasteiger partial charge in [0.15, 0.2) is 0 Å². The summed E-state index contributed by atoms with van der Waals surface area (Å²) in [6.07, 6.45) is 6.20. The van der Waals surface area contributed by atoms with Gasteiger partial charge in [-0.1, -0.05) is 6.07 Å². The zero-order valence-electron chi connectivity index (χ0n) is 20.4. The van der Waals surface area contributed by atoms with Gasteiger partial charge >= 0.3 is 0 Å². The lowest BCUT2D eigenvalue weighted by Gasteiger charge is -2.38. The van der Waals surface area contributed by atoms with Crippen molar-refractivity contribution in [2.24, 2.45) is 0 Å². The second-order valence-corrected chi connectivity index (χ2v) is 8.28. The van der Waals surface area contributed by atoms with Crippen LogP contribution in [0.2, 0.25) is 0 Å². The van der Waals surface area contributed by atoms with E-state index in [2.05, 4.69) is 25.5 Å². The number of phenolic OH excluding ortho intramolecular Hbond substituents is 1. The summed E-state index contributed by atoms with van der Waals surface area (Å²) in [5.74, 6) is 0.393. The highest BCUT2D eigenvalue weighted by atomic mass is 19.1. The molecule has 0 radical (unpaired) electrons. The second-order valence-electron chi connectivity index (χ2n) is 8.28. The Morgan fingerprint density at radius 3 is 2.88 bits per heavy atom. The summed E-state index contributed by atoms with van der Waals surface area (Å²) >= 11 is 0. The zero-order chi connectivity index (χ0) is 24.7. The normalized spacial score (nSPS) is 26.1. The van der Waals surface area contributed by atoms with E-state index in [1.54, 1.807) is 24.5 Å². The van der Waals surface area contributed by atoms with Crippen molar-refractivity contribution in [3.8, 4) is 34.0 Å². The fourth-order valence-electron chi connectivity index (χ4n) is 4.64. The Morgan fingerprint density at radius 1 is 1.19 bits per heavy atom. The van der Waals surface area contributed by atoms with E-state index in [0.29, 0.717) is 34.2 Å². The number of aromatic hydroxyl groups is 1. The van der Waals surface area contributed by atoms with Crippen molar-refractivity contribution in [1.82, 2.24) is 25.5 Å². The molecule has 2 N–H and O–H groups in total. The van der Waals surface area contributed by atoms with E-state index in [1.165, 1.54) is 18.3 Å². The molecule has 9 heteroatoms. The van der Waals surface area contributed by atoms with Crippen LogP contribution in [0.4, 0.5) is 10.2 Å². The minimum absolute atomic E-state index is 0.0354. The number of ether oxygens (including phenoxy) is 1. The van der Waals surface area contributed by atoms with E-state index in [4.69, 9.17) is 8.85 Å². The third-order valence-corrected chi connectivity index (χ3v) is 6.39. The van der Waals surface area contributed by atoms with Gasteiger partial charge in [-0.15, -0.1) is 5.10 Å². The molecule has 2 aliphatic rings. The Kier molecular flexibility index (Phi) is 4.48. The van der Waals surface area contributed by atoms with Crippen LogP contribution in [-0.4, -0.2) is 63.7 Å². The first-order chi connectivity index (χ1) is 16.7. The van der Waals surface area contributed by atoms with Gasteiger partial charge in [-0.3, -0.25) is 4.98 Å². The number of piperidine rings is 1. The van der Waals surface area contributed by atoms with Gasteiger partial charge in [0, 0.05) is 36.3 Å². The van der Waals surface area contributed by atoms with Gasteiger partial charge in [0.2, 0.25) is 5.88 Å². The molecule has 0 amide bonds. The molecule has 0 aliphatic carbocycles. The van der Waals surface area contributed by atoms with E-state index in [1.807, 2.05) is 11.9 Å². The van der Waals surface area contributed by atoms with Crippen LogP contribution in [0.5, 0.6) is 11.6 Å². The summed E-state index contributed by atoms with van der Waals surface area (Å²) < 4.78 is 41.3. The quantitative estimate of drug-likeness (QED) is 0.626. The van der Waals surface area contributed by atoms with Gasteiger partial charge in [0.25, 0.3) is 0 Å². The number of aromatic nitrogens is 4. The number of phenols is 1. The first-order valence-corrected chi connectivity index (χ1v) is 10.5. The predicted octanol–water partition coefficient (Wildman–Crippen LogP) is 2.98. The number of benzene rings is 1. The summed E-state index contributed by atoms with van der Waals surface area (Å²) in [6, 6.07) is 6.37. The molecule has 2 aromatic heterocycles. The lowest BCUT2D eigenvalue weighted by Crippen LogP contribution is -2.55. The largest absolute Gasteiger partial charge is 0.507 e. The van der Waals surface area contributed by atoms with Crippen LogP contribution in [0.1, 0.15) is 23.4 Å². The minimum atomic E-state index is -2.64. The molecule has 166 valence electrons. The molecule has 2 bridgehead atoms. The van der Waals surface area contributed by atoms with Crippen LogP contribution in [0.3, 0.4) is 0 Å². The smallest absolute Gasteiger partial charge is 0.233 e. The average Bonchev–Trinajstić information content (AvgIpc) is 3.23. The Balaban J connectivity index is 1.33. The maximum atomic E-state index is 14.9.